The number of rotatable bonds is 6. The van der Waals surface area contributed by atoms with Crippen LogP contribution in [0.25, 0.3) is 11.3 Å². The molecular formula is C21H28N2O4S. The van der Waals surface area contributed by atoms with Gasteiger partial charge in [-0.05, 0) is 82.3 Å². The van der Waals surface area contributed by atoms with Crippen molar-refractivity contribution in [2.75, 3.05) is 5.32 Å². The maximum atomic E-state index is 12.7. The zero-order valence-corrected chi connectivity index (χ0v) is 17.4. The summed E-state index contributed by atoms with van der Waals surface area (Å²) in [6, 6.07) is 9.49. The smallest absolute Gasteiger partial charge is 0.227 e. The van der Waals surface area contributed by atoms with Crippen LogP contribution in [0.4, 0.5) is 5.69 Å². The van der Waals surface area contributed by atoms with Crippen LogP contribution in [0.1, 0.15) is 45.1 Å². The molecule has 1 fully saturated rings. The van der Waals surface area contributed by atoms with Gasteiger partial charge in [0.1, 0.15) is 5.76 Å². The summed E-state index contributed by atoms with van der Waals surface area (Å²) in [6.07, 6.45) is 4.36. The van der Waals surface area contributed by atoms with Gasteiger partial charge in [0.25, 0.3) is 0 Å². The van der Waals surface area contributed by atoms with Gasteiger partial charge in [0, 0.05) is 23.2 Å². The summed E-state index contributed by atoms with van der Waals surface area (Å²) in [5.41, 5.74) is 2.74. The van der Waals surface area contributed by atoms with Crippen molar-refractivity contribution < 1.29 is 17.6 Å². The second-order valence-electron chi connectivity index (χ2n) is 7.76. The number of hydrogen-bond acceptors (Lipinski definition) is 4. The van der Waals surface area contributed by atoms with Crippen LogP contribution in [-0.2, 0) is 14.8 Å². The van der Waals surface area contributed by atoms with Crippen LogP contribution in [0.15, 0.2) is 41.0 Å². The highest BCUT2D eigenvalue weighted by Gasteiger charge is 2.29. The van der Waals surface area contributed by atoms with Crippen molar-refractivity contribution >= 4 is 21.6 Å². The molecular weight excluding hydrogens is 376 g/mol. The van der Waals surface area contributed by atoms with Gasteiger partial charge in [-0.15, -0.1) is 0 Å². The van der Waals surface area contributed by atoms with Crippen molar-refractivity contribution in [1.82, 2.24) is 4.72 Å². The van der Waals surface area contributed by atoms with E-state index in [0.717, 1.165) is 22.6 Å². The zero-order valence-electron chi connectivity index (χ0n) is 16.6. The fourth-order valence-electron chi connectivity index (χ4n) is 3.48. The van der Waals surface area contributed by atoms with E-state index in [1.165, 1.54) is 0 Å². The number of carbonyl (C=O) groups excluding carboxylic acids is 1. The molecule has 1 aromatic carbocycles. The number of benzene rings is 1. The molecule has 1 saturated carbocycles. The van der Waals surface area contributed by atoms with E-state index < -0.39 is 15.3 Å². The van der Waals surface area contributed by atoms with Gasteiger partial charge in [-0.1, -0.05) is 0 Å². The van der Waals surface area contributed by atoms with Crippen LogP contribution >= 0.6 is 0 Å². The van der Waals surface area contributed by atoms with Crippen LogP contribution in [0.3, 0.4) is 0 Å². The number of hydrogen-bond donors (Lipinski definition) is 2. The molecule has 0 bridgehead atoms. The Morgan fingerprint density at radius 1 is 1.14 bits per heavy atom. The molecule has 152 valence electrons. The number of carbonyl (C=O) groups is 1. The molecule has 1 aromatic heterocycles. The maximum absolute atomic E-state index is 12.7. The predicted molar refractivity (Wildman–Crippen MR) is 110 cm³/mol. The highest BCUT2D eigenvalue weighted by molar-refractivity contribution is 7.90. The largest absolute Gasteiger partial charge is 0.464 e. The Morgan fingerprint density at radius 2 is 1.86 bits per heavy atom. The summed E-state index contributed by atoms with van der Waals surface area (Å²) < 4.78 is 32.2. The number of amides is 1. The first-order valence-corrected chi connectivity index (χ1v) is 11.3. The second kappa shape index (κ2) is 8.49. The van der Waals surface area contributed by atoms with Gasteiger partial charge in [0.15, 0.2) is 0 Å². The van der Waals surface area contributed by atoms with Gasteiger partial charge >= 0.3 is 0 Å². The fourth-order valence-corrected chi connectivity index (χ4v) is 4.45. The average Bonchev–Trinajstić information content (AvgIpc) is 3.18. The third-order valence-electron chi connectivity index (χ3n) is 5.34. The van der Waals surface area contributed by atoms with Gasteiger partial charge in [0.05, 0.1) is 11.5 Å². The first-order chi connectivity index (χ1) is 13.3. The Morgan fingerprint density at radius 3 is 2.43 bits per heavy atom. The van der Waals surface area contributed by atoms with Crippen LogP contribution < -0.4 is 10.0 Å². The van der Waals surface area contributed by atoms with Crippen molar-refractivity contribution in [3.8, 4) is 11.3 Å². The predicted octanol–water partition coefficient (Wildman–Crippen LogP) is 4.08. The minimum atomic E-state index is -3.27. The lowest BCUT2D eigenvalue weighted by atomic mass is 9.86. The van der Waals surface area contributed by atoms with Gasteiger partial charge in [0.2, 0.25) is 15.9 Å². The van der Waals surface area contributed by atoms with E-state index in [1.807, 2.05) is 37.3 Å². The molecule has 0 unspecified atom stereocenters. The minimum Gasteiger partial charge on any atom is -0.464 e. The van der Waals surface area contributed by atoms with E-state index in [2.05, 4.69) is 10.0 Å². The van der Waals surface area contributed by atoms with Gasteiger partial charge < -0.3 is 9.73 Å². The van der Waals surface area contributed by atoms with E-state index in [-0.39, 0.29) is 17.9 Å². The van der Waals surface area contributed by atoms with Gasteiger partial charge in [-0.25, -0.2) is 13.1 Å². The van der Waals surface area contributed by atoms with E-state index in [9.17, 15) is 13.2 Å². The van der Waals surface area contributed by atoms with E-state index in [0.29, 0.717) is 25.7 Å². The Hall–Kier alpha value is -2.12. The Labute approximate surface area is 166 Å². The lowest BCUT2D eigenvalue weighted by Gasteiger charge is -2.29. The van der Waals surface area contributed by atoms with Crippen LogP contribution in [-0.4, -0.2) is 25.6 Å². The molecule has 0 radical (unpaired) electrons. The summed E-state index contributed by atoms with van der Waals surface area (Å²) in [5, 5.41) is 2.58. The second-order valence-corrected chi connectivity index (χ2v) is 10.0. The van der Waals surface area contributed by atoms with Gasteiger partial charge in [-0.3, -0.25) is 4.79 Å². The standard InChI is InChI=1S/C21H28N2O4S/c1-14(2)28(25,26)23-18-9-6-16(7-10-18)21(24)22-19-11-8-17(13-15(19)3)20-5-4-12-27-20/h4-5,8,11-14,16,18,23H,6-7,9-10H2,1-3H3,(H,22,24)/t16-,18-. The molecule has 0 spiro atoms. The Balaban J connectivity index is 1.56. The first kappa shape index (κ1) is 20.6. The number of furan rings is 1. The van der Waals surface area contributed by atoms with Crippen molar-refractivity contribution in [1.29, 1.82) is 0 Å². The van der Waals surface area contributed by atoms with Crippen molar-refractivity contribution in [3.63, 3.8) is 0 Å². The Kier molecular flexibility index (Phi) is 6.25. The van der Waals surface area contributed by atoms with Crippen LogP contribution in [0.5, 0.6) is 0 Å². The van der Waals surface area contributed by atoms with E-state index in [1.54, 1.807) is 20.1 Å². The third-order valence-corrected chi connectivity index (χ3v) is 7.24. The minimum absolute atomic E-state index is 0.000912. The molecule has 7 heteroatoms. The molecule has 2 N–H and O–H groups in total. The summed E-state index contributed by atoms with van der Waals surface area (Å²) in [6.45, 7) is 5.29. The lowest BCUT2D eigenvalue weighted by molar-refractivity contribution is -0.120. The van der Waals surface area contributed by atoms with Gasteiger partial charge in [-0.2, -0.15) is 0 Å². The zero-order chi connectivity index (χ0) is 20.3. The summed E-state index contributed by atoms with van der Waals surface area (Å²) in [4.78, 5) is 12.7. The van der Waals surface area contributed by atoms with Crippen molar-refractivity contribution in [3.05, 3.63) is 42.2 Å². The molecule has 0 saturated heterocycles. The molecule has 1 heterocycles. The molecule has 0 atom stereocenters. The average molecular weight is 405 g/mol. The SMILES string of the molecule is Cc1cc(-c2ccco2)ccc1NC(=O)[C@H]1CC[C@H](NS(=O)(=O)C(C)C)CC1. The molecule has 1 aliphatic carbocycles. The van der Waals surface area contributed by atoms with Crippen molar-refractivity contribution in [2.45, 2.75) is 57.7 Å². The quantitative estimate of drug-likeness (QED) is 0.759. The Bertz CT molecular complexity index is 912. The topological polar surface area (TPSA) is 88.4 Å². The molecule has 0 aliphatic heterocycles. The van der Waals surface area contributed by atoms with E-state index >= 15 is 0 Å². The third kappa shape index (κ3) is 4.83. The summed E-state index contributed by atoms with van der Waals surface area (Å²) in [7, 11) is -3.27. The van der Waals surface area contributed by atoms with E-state index in [4.69, 9.17) is 4.42 Å². The molecule has 2 aromatic rings. The maximum Gasteiger partial charge on any atom is 0.227 e. The van der Waals surface area contributed by atoms with Crippen LogP contribution in [0, 0.1) is 12.8 Å². The van der Waals surface area contributed by atoms with Crippen molar-refractivity contribution in [2.24, 2.45) is 5.92 Å². The summed E-state index contributed by atoms with van der Waals surface area (Å²) >= 11 is 0. The summed E-state index contributed by atoms with van der Waals surface area (Å²) in [5.74, 6) is 0.700. The molecule has 6 nitrogen and oxygen atoms in total. The molecule has 1 amide bonds. The number of aryl methyl sites for hydroxylation is 1. The highest BCUT2D eigenvalue weighted by Crippen LogP contribution is 2.29. The lowest BCUT2D eigenvalue weighted by Crippen LogP contribution is -2.42. The van der Waals surface area contributed by atoms with Crippen LogP contribution in [0.2, 0.25) is 0 Å². The first-order valence-electron chi connectivity index (χ1n) is 9.73. The molecule has 3 rings (SSSR count). The highest BCUT2D eigenvalue weighted by atomic mass is 32.2. The monoisotopic (exact) mass is 404 g/mol. The number of anilines is 1. The molecule has 28 heavy (non-hydrogen) atoms. The molecule has 1 aliphatic rings. The fraction of sp³-hybridized carbons (Fsp3) is 0.476. The number of nitrogens with one attached hydrogen (secondary N) is 2. The normalized spacial score (nSPS) is 20.3. The number of sulfonamides is 1.